The Balaban J connectivity index is 2.10. The van der Waals surface area contributed by atoms with Gasteiger partial charge in [0.15, 0.2) is 5.71 Å². The van der Waals surface area contributed by atoms with Gasteiger partial charge in [-0.15, -0.1) is 0 Å². The summed E-state index contributed by atoms with van der Waals surface area (Å²) in [4.78, 5) is 23.9. The minimum atomic E-state index is -0.565. The van der Waals surface area contributed by atoms with Crippen LogP contribution in [0.2, 0.25) is 0 Å². The number of hydrogen-bond acceptors (Lipinski definition) is 4. The zero-order chi connectivity index (χ0) is 15.1. The van der Waals surface area contributed by atoms with Gasteiger partial charge in [-0.25, -0.2) is 10.2 Å². The maximum atomic E-state index is 12.1. The summed E-state index contributed by atoms with van der Waals surface area (Å²) in [6, 6.07) is 8.96. The number of methoxy groups -OCH3 is 1. The molecule has 1 aliphatic carbocycles. The molecular weight excluding hydrogens is 268 g/mol. The van der Waals surface area contributed by atoms with Crippen LogP contribution in [0.3, 0.4) is 0 Å². The molecule has 1 saturated carbocycles. The Hall–Kier alpha value is -2.17. The third-order valence-corrected chi connectivity index (χ3v) is 3.68. The molecule has 0 atom stereocenters. The first-order valence-corrected chi connectivity index (χ1v) is 7.23. The zero-order valence-electron chi connectivity index (χ0n) is 12.2. The van der Waals surface area contributed by atoms with Crippen LogP contribution in [0.1, 0.15) is 37.7 Å². The molecule has 0 aliphatic heterocycles. The van der Waals surface area contributed by atoms with Crippen LogP contribution >= 0.6 is 0 Å². The largest absolute Gasteiger partial charge is 0.464 e. The lowest BCUT2D eigenvalue weighted by Crippen LogP contribution is -2.31. The van der Waals surface area contributed by atoms with Crippen LogP contribution in [-0.2, 0) is 14.3 Å². The number of nitrogens with zero attached hydrogens (tertiary/aromatic N) is 1. The number of carbonyl (C=O) groups excluding carboxylic acids is 2. The number of hydrazone groups is 1. The van der Waals surface area contributed by atoms with Crippen LogP contribution < -0.4 is 5.43 Å². The van der Waals surface area contributed by atoms with Crippen molar-refractivity contribution in [3.05, 3.63) is 35.9 Å². The van der Waals surface area contributed by atoms with Crippen LogP contribution in [0, 0.1) is 5.92 Å². The first kappa shape index (κ1) is 15.2. The maximum Gasteiger partial charge on any atom is 0.359 e. The van der Waals surface area contributed by atoms with Gasteiger partial charge < -0.3 is 4.74 Å². The molecule has 5 heteroatoms. The molecule has 0 saturated heterocycles. The van der Waals surface area contributed by atoms with Crippen molar-refractivity contribution < 1.29 is 14.3 Å². The molecule has 1 N–H and O–H groups in total. The number of carbonyl (C=O) groups is 2. The van der Waals surface area contributed by atoms with Gasteiger partial charge in [-0.1, -0.05) is 49.6 Å². The molecule has 1 amide bonds. The van der Waals surface area contributed by atoms with Crippen molar-refractivity contribution in [2.75, 3.05) is 7.11 Å². The van der Waals surface area contributed by atoms with Gasteiger partial charge in [0.1, 0.15) is 0 Å². The minimum absolute atomic E-state index is 0.00262. The third-order valence-electron chi connectivity index (χ3n) is 3.68. The zero-order valence-corrected chi connectivity index (χ0v) is 12.2. The van der Waals surface area contributed by atoms with Crippen LogP contribution in [0.5, 0.6) is 0 Å². The molecule has 0 radical (unpaired) electrons. The lowest BCUT2D eigenvalue weighted by Gasteiger charge is -2.19. The van der Waals surface area contributed by atoms with Crippen LogP contribution in [-0.4, -0.2) is 24.7 Å². The molecule has 1 aromatic rings. The van der Waals surface area contributed by atoms with Crippen molar-refractivity contribution in [2.45, 2.75) is 32.1 Å². The van der Waals surface area contributed by atoms with Crippen molar-refractivity contribution in [3.63, 3.8) is 0 Å². The lowest BCUT2D eigenvalue weighted by molar-refractivity contribution is -0.132. The highest BCUT2D eigenvalue weighted by Gasteiger charge is 2.22. The van der Waals surface area contributed by atoms with Crippen molar-refractivity contribution in [2.24, 2.45) is 11.0 Å². The maximum absolute atomic E-state index is 12.1. The van der Waals surface area contributed by atoms with Crippen LogP contribution in [0.15, 0.2) is 35.4 Å². The first-order chi connectivity index (χ1) is 10.2. The van der Waals surface area contributed by atoms with E-state index in [0.717, 1.165) is 25.7 Å². The van der Waals surface area contributed by atoms with Crippen molar-refractivity contribution >= 4 is 17.6 Å². The highest BCUT2D eigenvalue weighted by atomic mass is 16.5. The normalized spacial score (nSPS) is 16.3. The molecule has 2 rings (SSSR count). The average Bonchev–Trinajstić information content (AvgIpc) is 2.56. The molecule has 0 bridgehead atoms. The predicted octanol–water partition coefficient (Wildman–Crippen LogP) is 2.26. The van der Waals surface area contributed by atoms with E-state index in [2.05, 4.69) is 10.5 Å². The van der Waals surface area contributed by atoms with E-state index in [-0.39, 0.29) is 17.5 Å². The number of rotatable bonds is 4. The summed E-state index contributed by atoms with van der Waals surface area (Å²) in [6.07, 6.45) is 5.11. The Kier molecular flexibility index (Phi) is 5.49. The van der Waals surface area contributed by atoms with Gasteiger partial charge in [-0.05, 0) is 12.8 Å². The standard InChI is InChI=1S/C16H20N2O3/c1-21-16(20)14(12-8-4-2-5-9-12)17-18-15(19)13-10-6-3-7-11-13/h2,4-5,8-9,13H,3,6-7,10-11H2,1H3,(H,18,19). The summed E-state index contributed by atoms with van der Waals surface area (Å²) in [5.41, 5.74) is 3.25. The number of ether oxygens (including phenoxy) is 1. The SMILES string of the molecule is COC(=O)C(=NNC(=O)C1CCCCC1)c1ccccc1. The van der Waals surface area contributed by atoms with Gasteiger partial charge in [0.05, 0.1) is 7.11 Å². The molecule has 0 spiro atoms. The molecular formula is C16H20N2O3. The van der Waals surface area contributed by atoms with E-state index in [4.69, 9.17) is 4.74 Å². The number of esters is 1. The first-order valence-electron chi connectivity index (χ1n) is 7.23. The summed E-state index contributed by atoms with van der Waals surface area (Å²) in [6.45, 7) is 0. The van der Waals surface area contributed by atoms with E-state index in [1.165, 1.54) is 13.5 Å². The van der Waals surface area contributed by atoms with Crippen molar-refractivity contribution in [1.82, 2.24) is 5.43 Å². The van der Waals surface area contributed by atoms with Crippen molar-refractivity contribution in [3.8, 4) is 0 Å². The molecule has 1 fully saturated rings. The fourth-order valence-electron chi connectivity index (χ4n) is 2.49. The highest BCUT2D eigenvalue weighted by molar-refractivity contribution is 6.43. The van der Waals surface area contributed by atoms with Gasteiger partial charge in [0.25, 0.3) is 0 Å². The molecule has 21 heavy (non-hydrogen) atoms. The van der Waals surface area contributed by atoms with E-state index < -0.39 is 5.97 Å². The molecule has 0 unspecified atom stereocenters. The molecule has 1 aromatic carbocycles. The lowest BCUT2D eigenvalue weighted by atomic mass is 9.89. The smallest absolute Gasteiger partial charge is 0.359 e. The molecule has 5 nitrogen and oxygen atoms in total. The Bertz CT molecular complexity index is 520. The second kappa shape index (κ2) is 7.57. The van der Waals surface area contributed by atoms with Gasteiger partial charge in [-0.3, -0.25) is 4.79 Å². The number of amides is 1. The Morgan fingerprint density at radius 2 is 1.81 bits per heavy atom. The van der Waals surface area contributed by atoms with E-state index >= 15 is 0 Å². The van der Waals surface area contributed by atoms with Gasteiger partial charge in [-0.2, -0.15) is 5.10 Å². The van der Waals surface area contributed by atoms with Crippen LogP contribution in [0.25, 0.3) is 0 Å². The second-order valence-corrected chi connectivity index (χ2v) is 5.13. The van der Waals surface area contributed by atoms with E-state index in [9.17, 15) is 9.59 Å². The number of hydrogen-bond donors (Lipinski definition) is 1. The molecule has 112 valence electrons. The Morgan fingerprint density at radius 1 is 1.14 bits per heavy atom. The summed E-state index contributed by atoms with van der Waals surface area (Å²) in [5.74, 6) is -0.686. The van der Waals surface area contributed by atoms with Crippen LogP contribution in [0.4, 0.5) is 0 Å². The number of nitrogens with one attached hydrogen (secondary N) is 1. The summed E-state index contributed by atoms with van der Waals surface area (Å²) in [5, 5.41) is 3.98. The minimum Gasteiger partial charge on any atom is -0.464 e. The Labute approximate surface area is 124 Å². The third kappa shape index (κ3) is 4.15. The molecule has 0 heterocycles. The molecule has 0 aromatic heterocycles. The monoisotopic (exact) mass is 288 g/mol. The average molecular weight is 288 g/mol. The quantitative estimate of drug-likeness (QED) is 0.525. The second-order valence-electron chi connectivity index (χ2n) is 5.13. The topological polar surface area (TPSA) is 67.8 Å². The van der Waals surface area contributed by atoms with Gasteiger partial charge in [0.2, 0.25) is 5.91 Å². The Morgan fingerprint density at radius 3 is 2.43 bits per heavy atom. The fraction of sp³-hybridized carbons (Fsp3) is 0.438. The van der Waals surface area contributed by atoms with Gasteiger partial charge >= 0.3 is 5.97 Å². The highest BCUT2D eigenvalue weighted by Crippen LogP contribution is 2.23. The fourth-order valence-corrected chi connectivity index (χ4v) is 2.49. The number of benzene rings is 1. The van der Waals surface area contributed by atoms with Gasteiger partial charge in [0, 0.05) is 11.5 Å². The predicted molar refractivity (Wildman–Crippen MR) is 79.7 cm³/mol. The van der Waals surface area contributed by atoms with E-state index in [1.807, 2.05) is 6.07 Å². The summed E-state index contributed by atoms with van der Waals surface area (Å²) in [7, 11) is 1.30. The summed E-state index contributed by atoms with van der Waals surface area (Å²) < 4.78 is 4.72. The molecule has 1 aliphatic rings. The van der Waals surface area contributed by atoms with E-state index in [0.29, 0.717) is 5.56 Å². The van der Waals surface area contributed by atoms with E-state index in [1.54, 1.807) is 24.3 Å². The van der Waals surface area contributed by atoms with Crippen molar-refractivity contribution in [1.29, 1.82) is 0 Å². The summed E-state index contributed by atoms with van der Waals surface area (Å²) >= 11 is 0.